The highest BCUT2D eigenvalue weighted by Gasteiger charge is 2.11. The van der Waals surface area contributed by atoms with E-state index in [2.05, 4.69) is 5.32 Å². The Morgan fingerprint density at radius 1 is 1.10 bits per heavy atom. The van der Waals surface area contributed by atoms with Gasteiger partial charge in [-0.1, -0.05) is 0 Å². The zero-order valence-corrected chi connectivity index (χ0v) is 12.1. The summed E-state index contributed by atoms with van der Waals surface area (Å²) in [6.45, 7) is 2.51. The van der Waals surface area contributed by atoms with Crippen LogP contribution in [0.3, 0.4) is 0 Å². The van der Waals surface area contributed by atoms with E-state index in [-0.39, 0.29) is 33.0 Å². The Labute approximate surface area is 124 Å². The molecule has 0 atom stereocenters. The number of benzene rings is 1. The van der Waals surface area contributed by atoms with Crippen LogP contribution in [0.15, 0.2) is 24.3 Å². The summed E-state index contributed by atoms with van der Waals surface area (Å²) in [5, 5.41) is 20.2. The van der Waals surface area contributed by atoms with Crippen LogP contribution < -0.4 is 14.8 Å². The summed E-state index contributed by atoms with van der Waals surface area (Å²) >= 11 is 0. The highest BCUT2D eigenvalue weighted by atomic mass is 16.5. The molecular formula is C14H22N2O5. The van der Waals surface area contributed by atoms with Gasteiger partial charge in [-0.05, 0) is 31.2 Å². The van der Waals surface area contributed by atoms with Crippen LogP contribution in [0.1, 0.15) is 6.92 Å². The van der Waals surface area contributed by atoms with E-state index in [0.29, 0.717) is 12.4 Å². The molecule has 7 nitrogen and oxygen atoms in total. The van der Waals surface area contributed by atoms with E-state index in [0.717, 1.165) is 5.75 Å². The molecule has 21 heavy (non-hydrogen) atoms. The lowest BCUT2D eigenvalue weighted by Gasteiger charge is -2.21. The summed E-state index contributed by atoms with van der Waals surface area (Å²) in [5.41, 5.74) is 0. The third-order valence-corrected chi connectivity index (χ3v) is 2.62. The first-order valence-corrected chi connectivity index (χ1v) is 6.81. The number of nitrogens with one attached hydrogen (secondary N) is 1. The van der Waals surface area contributed by atoms with Crippen molar-refractivity contribution >= 4 is 6.03 Å². The molecule has 0 saturated heterocycles. The van der Waals surface area contributed by atoms with Crippen molar-refractivity contribution in [1.82, 2.24) is 10.2 Å². The topological polar surface area (TPSA) is 91.3 Å². The summed E-state index contributed by atoms with van der Waals surface area (Å²) < 4.78 is 10.7. The number of amides is 2. The summed E-state index contributed by atoms with van der Waals surface area (Å²) in [5.74, 6) is 1.36. The van der Waals surface area contributed by atoms with Crippen molar-refractivity contribution in [3.8, 4) is 11.5 Å². The van der Waals surface area contributed by atoms with Crippen LogP contribution in [0.4, 0.5) is 4.79 Å². The molecular weight excluding hydrogens is 276 g/mol. The molecule has 0 aliphatic rings. The Morgan fingerprint density at radius 2 is 1.62 bits per heavy atom. The molecule has 1 aromatic carbocycles. The number of aliphatic hydroxyl groups is 2. The van der Waals surface area contributed by atoms with Crippen molar-refractivity contribution in [2.75, 3.05) is 39.6 Å². The van der Waals surface area contributed by atoms with Crippen LogP contribution in [0.2, 0.25) is 0 Å². The Balaban J connectivity index is 2.35. The number of carbonyl (C=O) groups excluding carboxylic acids is 1. The fourth-order valence-corrected chi connectivity index (χ4v) is 1.65. The molecule has 7 heteroatoms. The van der Waals surface area contributed by atoms with Gasteiger partial charge < -0.3 is 29.9 Å². The first-order chi connectivity index (χ1) is 10.2. The smallest absolute Gasteiger partial charge is 0.320 e. The minimum absolute atomic E-state index is 0.000171. The monoisotopic (exact) mass is 298 g/mol. The van der Waals surface area contributed by atoms with Crippen LogP contribution in [0.25, 0.3) is 0 Å². The maximum absolute atomic E-state index is 11.7. The van der Waals surface area contributed by atoms with E-state index >= 15 is 0 Å². The number of aliphatic hydroxyl groups excluding tert-OH is 2. The minimum atomic E-state index is -0.399. The average molecular weight is 298 g/mol. The number of urea groups is 1. The van der Waals surface area contributed by atoms with Gasteiger partial charge in [0.05, 0.1) is 19.8 Å². The van der Waals surface area contributed by atoms with Crippen LogP contribution in [-0.4, -0.2) is 60.8 Å². The van der Waals surface area contributed by atoms with Crippen LogP contribution in [0.5, 0.6) is 11.5 Å². The molecule has 0 aromatic heterocycles. The van der Waals surface area contributed by atoms with Crippen molar-refractivity contribution in [2.24, 2.45) is 0 Å². The Hall–Kier alpha value is -1.99. The highest BCUT2D eigenvalue weighted by Crippen LogP contribution is 2.17. The third-order valence-electron chi connectivity index (χ3n) is 2.62. The molecule has 0 heterocycles. The van der Waals surface area contributed by atoms with Gasteiger partial charge in [0.1, 0.15) is 11.5 Å². The number of nitrogens with zero attached hydrogens (tertiary/aromatic N) is 1. The first-order valence-electron chi connectivity index (χ1n) is 6.81. The molecule has 0 unspecified atom stereocenters. The molecule has 1 aromatic rings. The molecule has 0 radical (unpaired) electrons. The number of ether oxygens (including phenoxy) is 2. The van der Waals surface area contributed by atoms with Crippen molar-refractivity contribution in [3.63, 3.8) is 0 Å². The zero-order valence-electron chi connectivity index (χ0n) is 12.1. The maximum Gasteiger partial charge on any atom is 0.320 e. The Morgan fingerprint density at radius 3 is 2.10 bits per heavy atom. The number of hydrogen-bond donors (Lipinski definition) is 3. The van der Waals surface area contributed by atoms with E-state index in [1.54, 1.807) is 24.3 Å². The highest BCUT2D eigenvalue weighted by molar-refractivity contribution is 5.74. The lowest BCUT2D eigenvalue weighted by atomic mass is 10.3. The van der Waals surface area contributed by atoms with Crippen LogP contribution in [-0.2, 0) is 0 Å². The van der Waals surface area contributed by atoms with Crippen molar-refractivity contribution in [1.29, 1.82) is 0 Å². The van der Waals surface area contributed by atoms with E-state index in [1.807, 2.05) is 6.92 Å². The summed E-state index contributed by atoms with van der Waals surface area (Å²) in [7, 11) is 0. The normalized spacial score (nSPS) is 10.0. The number of carbonyl (C=O) groups is 1. The summed E-state index contributed by atoms with van der Waals surface area (Å²) in [6.07, 6.45) is 0. The maximum atomic E-state index is 11.7. The molecule has 2 amide bonds. The van der Waals surface area contributed by atoms with Crippen LogP contribution >= 0.6 is 0 Å². The van der Waals surface area contributed by atoms with Gasteiger partial charge >= 0.3 is 6.03 Å². The van der Waals surface area contributed by atoms with Gasteiger partial charge in [-0.25, -0.2) is 4.79 Å². The van der Waals surface area contributed by atoms with Gasteiger partial charge in [-0.2, -0.15) is 0 Å². The first kappa shape index (κ1) is 17.1. The quantitative estimate of drug-likeness (QED) is 0.575. The molecule has 0 bridgehead atoms. The molecule has 0 aliphatic heterocycles. The van der Waals surface area contributed by atoms with Gasteiger partial charge in [-0.15, -0.1) is 0 Å². The molecule has 0 fully saturated rings. The number of rotatable bonds is 9. The Bertz CT molecular complexity index is 404. The third kappa shape index (κ3) is 6.33. The fraction of sp³-hybridized carbons (Fsp3) is 0.500. The second-order valence-electron chi connectivity index (χ2n) is 4.11. The van der Waals surface area contributed by atoms with Gasteiger partial charge in [0.25, 0.3) is 0 Å². The second-order valence-corrected chi connectivity index (χ2v) is 4.11. The SMILES string of the molecule is CCOc1ccc(OCNC(=O)N(CCO)CCO)cc1. The van der Waals surface area contributed by atoms with E-state index in [1.165, 1.54) is 4.90 Å². The number of hydrogen-bond acceptors (Lipinski definition) is 5. The van der Waals surface area contributed by atoms with Gasteiger partial charge in [0.2, 0.25) is 0 Å². The fourth-order valence-electron chi connectivity index (χ4n) is 1.65. The molecule has 0 saturated carbocycles. The lowest BCUT2D eigenvalue weighted by Crippen LogP contribution is -2.44. The minimum Gasteiger partial charge on any atom is -0.494 e. The predicted molar refractivity (Wildman–Crippen MR) is 77.4 cm³/mol. The van der Waals surface area contributed by atoms with Crippen molar-refractivity contribution in [3.05, 3.63) is 24.3 Å². The molecule has 3 N–H and O–H groups in total. The predicted octanol–water partition coefficient (Wildman–Crippen LogP) is 0.418. The lowest BCUT2D eigenvalue weighted by molar-refractivity contribution is 0.151. The standard InChI is InChI=1S/C14H22N2O5/c1-2-20-12-3-5-13(6-4-12)21-11-15-14(19)16(7-9-17)8-10-18/h3-6,17-18H,2,7-11H2,1H3,(H,15,19). The Kier molecular flexibility index (Phi) is 8.00. The largest absolute Gasteiger partial charge is 0.494 e. The van der Waals surface area contributed by atoms with Crippen molar-refractivity contribution in [2.45, 2.75) is 6.92 Å². The molecule has 0 aliphatic carbocycles. The van der Waals surface area contributed by atoms with Gasteiger partial charge in [-0.3, -0.25) is 0 Å². The van der Waals surface area contributed by atoms with Crippen LogP contribution in [0, 0.1) is 0 Å². The van der Waals surface area contributed by atoms with E-state index in [4.69, 9.17) is 19.7 Å². The zero-order chi connectivity index (χ0) is 15.5. The molecule has 0 spiro atoms. The molecule has 118 valence electrons. The molecule has 1 rings (SSSR count). The second kappa shape index (κ2) is 9.84. The summed E-state index contributed by atoms with van der Waals surface area (Å²) in [4.78, 5) is 13.1. The summed E-state index contributed by atoms with van der Waals surface area (Å²) in [6, 6.07) is 6.66. The van der Waals surface area contributed by atoms with Crippen molar-refractivity contribution < 1.29 is 24.5 Å². The van der Waals surface area contributed by atoms with Gasteiger partial charge in [0.15, 0.2) is 6.73 Å². The average Bonchev–Trinajstić information content (AvgIpc) is 2.49. The van der Waals surface area contributed by atoms with Gasteiger partial charge in [0, 0.05) is 13.1 Å². The van der Waals surface area contributed by atoms with E-state index < -0.39 is 6.03 Å². The van der Waals surface area contributed by atoms with E-state index in [9.17, 15) is 4.79 Å².